The molecule has 2 aromatic rings. The Kier molecular flexibility index (Phi) is 5.57. The van der Waals surface area contributed by atoms with Gasteiger partial charge in [0.05, 0.1) is 17.4 Å². The van der Waals surface area contributed by atoms with Gasteiger partial charge in [0, 0.05) is 10.0 Å². The van der Waals surface area contributed by atoms with Crippen LogP contribution in [0.15, 0.2) is 24.3 Å². The highest BCUT2D eigenvalue weighted by Gasteiger charge is 2.20. The van der Waals surface area contributed by atoms with Crippen molar-refractivity contribution in [2.24, 2.45) is 0 Å². The fraction of sp³-hybridized carbons (Fsp3) is 0.375. The summed E-state index contributed by atoms with van der Waals surface area (Å²) in [7, 11) is 0. The molecule has 0 saturated carbocycles. The third-order valence-corrected chi connectivity index (χ3v) is 3.93. The van der Waals surface area contributed by atoms with Gasteiger partial charge in [0.1, 0.15) is 0 Å². The van der Waals surface area contributed by atoms with E-state index < -0.39 is 0 Å². The zero-order chi connectivity index (χ0) is 15.4. The lowest BCUT2D eigenvalue weighted by atomic mass is 9.96. The van der Waals surface area contributed by atoms with E-state index in [9.17, 15) is 0 Å². The van der Waals surface area contributed by atoms with Crippen LogP contribution in [0.5, 0.6) is 0 Å². The zero-order valence-electron chi connectivity index (χ0n) is 12.5. The van der Waals surface area contributed by atoms with E-state index in [4.69, 9.17) is 23.2 Å². The molecule has 0 aliphatic rings. The van der Waals surface area contributed by atoms with Gasteiger partial charge in [-0.15, -0.1) is 0 Å². The zero-order valence-corrected chi connectivity index (χ0v) is 14.0. The van der Waals surface area contributed by atoms with Gasteiger partial charge >= 0.3 is 0 Å². The number of aromatic nitrogens is 2. The normalized spacial score (nSPS) is 12.4. The second-order valence-electron chi connectivity index (χ2n) is 4.90. The van der Waals surface area contributed by atoms with Gasteiger partial charge < -0.3 is 5.32 Å². The van der Waals surface area contributed by atoms with Crippen molar-refractivity contribution in [3.05, 3.63) is 56.8 Å². The minimum absolute atomic E-state index is 0.0367. The van der Waals surface area contributed by atoms with Crippen LogP contribution in [0.3, 0.4) is 0 Å². The summed E-state index contributed by atoms with van der Waals surface area (Å²) in [6, 6.07) is 7.57. The molecule has 5 heteroatoms. The summed E-state index contributed by atoms with van der Waals surface area (Å²) in [6.45, 7) is 6.90. The molecule has 0 aliphatic carbocycles. The van der Waals surface area contributed by atoms with Gasteiger partial charge in [-0.05, 0) is 55.3 Å². The van der Waals surface area contributed by atoms with Gasteiger partial charge in [-0.25, -0.2) is 0 Å². The lowest BCUT2D eigenvalue weighted by molar-refractivity contribution is 0.617. The monoisotopic (exact) mass is 323 g/mol. The van der Waals surface area contributed by atoms with Gasteiger partial charge in [-0.2, -0.15) is 10.2 Å². The van der Waals surface area contributed by atoms with Crippen LogP contribution in [0.2, 0.25) is 10.0 Å². The summed E-state index contributed by atoms with van der Waals surface area (Å²) in [5, 5.41) is 13.3. The minimum atomic E-state index is -0.0367. The second-order valence-corrected chi connectivity index (χ2v) is 5.74. The van der Waals surface area contributed by atoms with E-state index in [1.165, 1.54) is 0 Å². The highest BCUT2D eigenvalue weighted by Crippen LogP contribution is 2.32. The fourth-order valence-corrected chi connectivity index (χ4v) is 2.79. The maximum atomic E-state index is 6.38. The average molecular weight is 324 g/mol. The van der Waals surface area contributed by atoms with E-state index >= 15 is 0 Å². The third-order valence-electron chi connectivity index (χ3n) is 3.35. The molecule has 1 heterocycles. The van der Waals surface area contributed by atoms with Crippen molar-refractivity contribution in [2.45, 2.75) is 33.2 Å². The van der Waals surface area contributed by atoms with Crippen molar-refractivity contribution >= 4 is 23.2 Å². The van der Waals surface area contributed by atoms with Crippen LogP contribution in [0.4, 0.5) is 0 Å². The van der Waals surface area contributed by atoms with Gasteiger partial charge in [0.25, 0.3) is 0 Å². The molecule has 0 fully saturated rings. The van der Waals surface area contributed by atoms with Crippen molar-refractivity contribution in [3.63, 3.8) is 0 Å². The molecule has 0 radical (unpaired) electrons. The van der Waals surface area contributed by atoms with E-state index in [2.05, 4.69) is 35.4 Å². The number of nitrogens with zero attached hydrogens (tertiary/aromatic N) is 2. The molecular formula is C16H19Cl2N3. The Morgan fingerprint density at radius 3 is 2.52 bits per heavy atom. The summed E-state index contributed by atoms with van der Waals surface area (Å²) in [4.78, 5) is 0. The number of hydrogen-bond acceptors (Lipinski definition) is 3. The molecule has 0 aliphatic heterocycles. The first-order valence-corrected chi connectivity index (χ1v) is 7.83. The number of aryl methyl sites for hydroxylation is 2. The van der Waals surface area contributed by atoms with Crippen molar-refractivity contribution in [2.75, 3.05) is 6.54 Å². The van der Waals surface area contributed by atoms with E-state index in [1.807, 2.05) is 19.1 Å². The standard InChI is InChI=1S/C16H19Cl2N3/c1-4-15-13(8-10(3)20-21-15)16(19-5-2)12-9-11(17)6-7-14(12)18/h6-9,16,19H,4-5H2,1-3H3. The summed E-state index contributed by atoms with van der Waals surface area (Å²) in [6.07, 6.45) is 0.822. The second kappa shape index (κ2) is 7.21. The Labute approximate surface area is 135 Å². The predicted molar refractivity (Wildman–Crippen MR) is 88.1 cm³/mol. The number of nitrogens with one attached hydrogen (secondary N) is 1. The highest BCUT2D eigenvalue weighted by molar-refractivity contribution is 6.33. The molecular weight excluding hydrogens is 305 g/mol. The van der Waals surface area contributed by atoms with Crippen LogP contribution >= 0.6 is 23.2 Å². The smallest absolute Gasteiger partial charge is 0.0679 e. The SMILES string of the molecule is CCNC(c1cc(Cl)ccc1Cl)c1cc(C)nnc1CC. The van der Waals surface area contributed by atoms with Crippen LogP contribution < -0.4 is 5.32 Å². The lowest BCUT2D eigenvalue weighted by Gasteiger charge is -2.22. The van der Waals surface area contributed by atoms with Gasteiger partial charge in [-0.1, -0.05) is 37.0 Å². The van der Waals surface area contributed by atoms with Gasteiger partial charge in [0.15, 0.2) is 0 Å². The molecule has 112 valence electrons. The van der Waals surface area contributed by atoms with E-state index in [-0.39, 0.29) is 6.04 Å². The largest absolute Gasteiger partial charge is 0.306 e. The van der Waals surface area contributed by atoms with Crippen molar-refractivity contribution in [1.82, 2.24) is 15.5 Å². The molecule has 0 amide bonds. The molecule has 1 aromatic heterocycles. The quantitative estimate of drug-likeness (QED) is 0.888. The number of rotatable bonds is 5. The molecule has 21 heavy (non-hydrogen) atoms. The molecule has 2 rings (SSSR count). The van der Waals surface area contributed by atoms with Crippen LogP contribution in [0, 0.1) is 6.92 Å². The van der Waals surface area contributed by atoms with Crippen molar-refractivity contribution in [1.29, 1.82) is 0 Å². The topological polar surface area (TPSA) is 37.8 Å². The van der Waals surface area contributed by atoms with Gasteiger partial charge in [-0.3, -0.25) is 0 Å². The summed E-state index contributed by atoms with van der Waals surface area (Å²) < 4.78 is 0. The first kappa shape index (κ1) is 16.2. The Bertz CT molecular complexity index is 629. The van der Waals surface area contributed by atoms with Crippen LogP contribution in [0.1, 0.15) is 42.4 Å². The lowest BCUT2D eigenvalue weighted by Crippen LogP contribution is -2.24. The Morgan fingerprint density at radius 1 is 1.10 bits per heavy atom. The molecule has 3 nitrogen and oxygen atoms in total. The fourth-order valence-electron chi connectivity index (χ4n) is 2.39. The Hall–Kier alpha value is -1.16. The molecule has 0 saturated heterocycles. The summed E-state index contributed by atoms with van der Waals surface area (Å²) >= 11 is 12.5. The highest BCUT2D eigenvalue weighted by atomic mass is 35.5. The third kappa shape index (κ3) is 3.73. The van der Waals surface area contributed by atoms with Crippen LogP contribution in [-0.4, -0.2) is 16.7 Å². The summed E-state index contributed by atoms with van der Waals surface area (Å²) in [5.41, 5.74) is 3.94. The van der Waals surface area contributed by atoms with Crippen molar-refractivity contribution < 1.29 is 0 Å². The summed E-state index contributed by atoms with van der Waals surface area (Å²) in [5.74, 6) is 0. The number of benzene rings is 1. The van der Waals surface area contributed by atoms with Crippen LogP contribution in [0.25, 0.3) is 0 Å². The average Bonchev–Trinajstić information content (AvgIpc) is 2.47. The first-order chi connectivity index (χ1) is 10.1. The van der Waals surface area contributed by atoms with E-state index in [1.54, 1.807) is 6.07 Å². The maximum Gasteiger partial charge on any atom is 0.0679 e. The molecule has 1 unspecified atom stereocenters. The van der Waals surface area contributed by atoms with E-state index in [0.717, 1.165) is 35.5 Å². The molecule has 1 atom stereocenters. The van der Waals surface area contributed by atoms with E-state index in [0.29, 0.717) is 10.0 Å². The van der Waals surface area contributed by atoms with Crippen LogP contribution in [-0.2, 0) is 6.42 Å². The molecule has 0 bridgehead atoms. The molecule has 0 spiro atoms. The Morgan fingerprint density at radius 2 is 1.86 bits per heavy atom. The first-order valence-electron chi connectivity index (χ1n) is 7.08. The molecule has 1 aromatic carbocycles. The number of halogens is 2. The van der Waals surface area contributed by atoms with Gasteiger partial charge in [0.2, 0.25) is 0 Å². The molecule has 1 N–H and O–H groups in total. The van der Waals surface area contributed by atoms with Crippen molar-refractivity contribution in [3.8, 4) is 0 Å². The maximum absolute atomic E-state index is 6.38. The minimum Gasteiger partial charge on any atom is -0.306 e. The number of hydrogen-bond donors (Lipinski definition) is 1. The Balaban J connectivity index is 2.58. The predicted octanol–water partition coefficient (Wildman–Crippen LogP) is 4.35.